The lowest BCUT2D eigenvalue weighted by atomic mass is 10.1. The van der Waals surface area contributed by atoms with Gasteiger partial charge in [-0.2, -0.15) is 11.8 Å². The SMILES string of the molecule is CSCCCOc1ccc(Cl)cc1CCN. The van der Waals surface area contributed by atoms with Crippen molar-refractivity contribution in [2.75, 3.05) is 25.2 Å². The van der Waals surface area contributed by atoms with Crippen LogP contribution < -0.4 is 10.5 Å². The molecule has 0 aliphatic heterocycles. The summed E-state index contributed by atoms with van der Waals surface area (Å²) in [6.45, 7) is 1.36. The highest BCUT2D eigenvalue weighted by Gasteiger charge is 2.03. The van der Waals surface area contributed by atoms with Gasteiger partial charge in [0.15, 0.2) is 0 Å². The molecule has 4 heteroatoms. The Kier molecular flexibility index (Phi) is 6.69. The van der Waals surface area contributed by atoms with Gasteiger partial charge in [0.05, 0.1) is 6.61 Å². The molecule has 0 spiro atoms. The smallest absolute Gasteiger partial charge is 0.122 e. The number of nitrogens with two attached hydrogens (primary N) is 1. The molecule has 16 heavy (non-hydrogen) atoms. The van der Waals surface area contributed by atoms with E-state index in [0.29, 0.717) is 6.54 Å². The van der Waals surface area contributed by atoms with E-state index in [-0.39, 0.29) is 0 Å². The highest BCUT2D eigenvalue weighted by atomic mass is 35.5. The molecule has 1 rings (SSSR count). The van der Waals surface area contributed by atoms with Crippen molar-refractivity contribution in [3.05, 3.63) is 28.8 Å². The first-order chi connectivity index (χ1) is 7.77. The van der Waals surface area contributed by atoms with Crippen molar-refractivity contribution in [3.63, 3.8) is 0 Å². The molecule has 0 amide bonds. The third-order valence-corrected chi connectivity index (χ3v) is 3.12. The molecule has 0 aliphatic carbocycles. The summed E-state index contributed by atoms with van der Waals surface area (Å²) in [5, 5.41) is 0.736. The second-order valence-electron chi connectivity index (χ2n) is 3.49. The molecule has 0 saturated heterocycles. The van der Waals surface area contributed by atoms with Crippen LogP contribution in [0.2, 0.25) is 5.02 Å². The van der Waals surface area contributed by atoms with Crippen molar-refractivity contribution in [1.82, 2.24) is 0 Å². The zero-order chi connectivity index (χ0) is 11.8. The van der Waals surface area contributed by atoms with Crippen LogP contribution in [0.4, 0.5) is 0 Å². The summed E-state index contributed by atoms with van der Waals surface area (Å²) in [5.74, 6) is 2.04. The average Bonchev–Trinajstić information content (AvgIpc) is 2.27. The van der Waals surface area contributed by atoms with Crippen LogP contribution in [0.5, 0.6) is 5.75 Å². The fourth-order valence-corrected chi connectivity index (χ4v) is 2.03. The molecular formula is C12H18ClNOS. The molecule has 0 aromatic heterocycles. The van der Waals surface area contributed by atoms with E-state index in [1.54, 1.807) is 0 Å². The summed E-state index contributed by atoms with van der Waals surface area (Å²) in [4.78, 5) is 0. The predicted molar refractivity (Wildman–Crippen MR) is 72.7 cm³/mol. The Labute approximate surface area is 107 Å². The van der Waals surface area contributed by atoms with Gasteiger partial charge in [-0.3, -0.25) is 0 Å². The number of hydrogen-bond donors (Lipinski definition) is 1. The first-order valence-electron chi connectivity index (χ1n) is 5.38. The molecule has 0 heterocycles. The third-order valence-electron chi connectivity index (χ3n) is 2.19. The lowest BCUT2D eigenvalue weighted by Crippen LogP contribution is -2.06. The van der Waals surface area contributed by atoms with Crippen molar-refractivity contribution in [3.8, 4) is 5.75 Å². The van der Waals surface area contributed by atoms with Gasteiger partial charge >= 0.3 is 0 Å². The summed E-state index contributed by atoms with van der Waals surface area (Å²) < 4.78 is 5.72. The van der Waals surface area contributed by atoms with Crippen LogP contribution in [0.3, 0.4) is 0 Å². The minimum Gasteiger partial charge on any atom is -0.493 e. The van der Waals surface area contributed by atoms with Crippen LogP contribution in [0.1, 0.15) is 12.0 Å². The Morgan fingerprint density at radius 1 is 1.44 bits per heavy atom. The maximum atomic E-state index is 5.94. The molecule has 0 radical (unpaired) electrons. The van der Waals surface area contributed by atoms with Crippen LogP contribution in [0.25, 0.3) is 0 Å². The quantitative estimate of drug-likeness (QED) is 0.765. The van der Waals surface area contributed by atoms with Gasteiger partial charge in [-0.05, 0) is 55.2 Å². The van der Waals surface area contributed by atoms with E-state index in [4.69, 9.17) is 22.1 Å². The van der Waals surface area contributed by atoms with Gasteiger partial charge in [0.1, 0.15) is 5.75 Å². The zero-order valence-corrected chi connectivity index (χ0v) is 11.1. The topological polar surface area (TPSA) is 35.2 Å². The highest BCUT2D eigenvalue weighted by Crippen LogP contribution is 2.23. The van der Waals surface area contributed by atoms with Crippen molar-refractivity contribution in [2.45, 2.75) is 12.8 Å². The molecule has 2 N–H and O–H groups in total. The van der Waals surface area contributed by atoms with Crippen LogP contribution in [0.15, 0.2) is 18.2 Å². The maximum Gasteiger partial charge on any atom is 0.122 e. The maximum absolute atomic E-state index is 5.94. The number of ether oxygens (including phenoxy) is 1. The number of thioether (sulfide) groups is 1. The van der Waals surface area contributed by atoms with E-state index in [1.807, 2.05) is 30.0 Å². The third kappa shape index (κ3) is 4.64. The van der Waals surface area contributed by atoms with Gasteiger partial charge in [0.2, 0.25) is 0 Å². The highest BCUT2D eigenvalue weighted by molar-refractivity contribution is 7.98. The van der Waals surface area contributed by atoms with Crippen LogP contribution in [-0.4, -0.2) is 25.2 Å². The van der Waals surface area contributed by atoms with Gasteiger partial charge in [-0.1, -0.05) is 11.6 Å². The molecule has 1 aromatic rings. The first-order valence-corrected chi connectivity index (χ1v) is 7.15. The summed E-state index contributed by atoms with van der Waals surface area (Å²) in [5.41, 5.74) is 6.65. The van der Waals surface area contributed by atoms with Crippen molar-refractivity contribution >= 4 is 23.4 Å². The summed E-state index contributed by atoms with van der Waals surface area (Å²) in [6, 6.07) is 5.70. The fourth-order valence-electron chi connectivity index (χ4n) is 1.43. The molecule has 1 aromatic carbocycles. The summed E-state index contributed by atoms with van der Waals surface area (Å²) >= 11 is 7.77. The Morgan fingerprint density at radius 2 is 2.25 bits per heavy atom. The second-order valence-corrected chi connectivity index (χ2v) is 4.91. The molecule has 0 fully saturated rings. The van der Waals surface area contributed by atoms with Crippen LogP contribution in [-0.2, 0) is 6.42 Å². The fraction of sp³-hybridized carbons (Fsp3) is 0.500. The Hall–Kier alpha value is -0.380. The molecule has 0 unspecified atom stereocenters. The van der Waals surface area contributed by atoms with Gasteiger partial charge < -0.3 is 10.5 Å². The van der Waals surface area contributed by atoms with E-state index in [0.717, 1.165) is 41.5 Å². The summed E-state index contributed by atoms with van der Waals surface area (Å²) in [6.07, 6.45) is 3.96. The Morgan fingerprint density at radius 3 is 2.94 bits per heavy atom. The largest absolute Gasteiger partial charge is 0.493 e. The minimum absolute atomic E-state index is 0.613. The normalized spacial score (nSPS) is 10.4. The molecule has 90 valence electrons. The monoisotopic (exact) mass is 259 g/mol. The molecule has 0 atom stereocenters. The minimum atomic E-state index is 0.613. The van der Waals surface area contributed by atoms with Crippen molar-refractivity contribution < 1.29 is 4.74 Å². The van der Waals surface area contributed by atoms with Gasteiger partial charge in [-0.15, -0.1) is 0 Å². The van der Waals surface area contributed by atoms with Crippen molar-refractivity contribution in [1.29, 1.82) is 0 Å². The molecule has 2 nitrogen and oxygen atoms in total. The standard InChI is InChI=1S/C12H18ClNOS/c1-16-8-2-7-15-12-4-3-11(13)9-10(12)5-6-14/h3-4,9H,2,5-8,14H2,1H3. The first kappa shape index (κ1) is 13.7. The molecule has 0 bridgehead atoms. The lowest BCUT2D eigenvalue weighted by Gasteiger charge is -2.11. The summed E-state index contributed by atoms with van der Waals surface area (Å²) in [7, 11) is 0. The number of halogens is 1. The van der Waals surface area contributed by atoms with Crippen LogP contribution in [0, 0.1) is 0 Å². The van der Waals surface area contributed by atoms with E-state index >= 15 is 0 Å². The molecular weight excluding hydrogens is 242 g/mol. The van der Waals surface area contributed by atoms with Crippen LogP contribution >= 0.6 is 23.4 Å². The van der Waals surface area contributed by atoms with E-state index in [2.05, 4.69) is 6.26 Å². The predicted octanol–water partition coefficient (Wildman–Crippen LogP) is 2.97. The lowest BCUT2D eigenvalue weighted by molar-refractivity contribution is 0.315. The Bertz CT molecular complexity index is 320. The molecule has 0 saturated carbocycles. The second kappa shape index (κ2) is 7.82. The molecule has 0 aliphatic rings. The van der Waals surface area contributed by atoms with E-state index in [1.165, 1.54) is 0 Å². The van der Waals surface area contributed by atoms with Gasteiger partial charge in [0.25, 0.3) is 0 Å². The van der Waals surface area contributed by atoms with E-state index in [9.17, 15) is 0 Å². The van der Waals surface area contributed by atoms with E-state index < -0.39 is 0 Å². The Balaban J connectivity index is 2.56. The average molecular weight is 260 g/mol. The number of benzene rings is 1. The van der Waals surface area contributed by atoms with Crippen molar-refractivity contribution in [2.24, 2.45) is 5.73 Å². The van der Waals surface area contributed by atoms with Gasteiger partial charge in [0, 0.05) is 5.02 Å². The number of rotatable bonds is 7. The van der Waals surface area contributed by atoms with Gasteiger partial charge in [-0.25, -0.2) is 0 Å². The zero-order valence-electron chi connectivity index (χ0n) is 9.54. The number of hydrogen-bond acceptors (Lipinski definition) is 3.